The first-order chi connectivity index (χ1) is 8.41. The summed E-state index contributed by atoms with van der Waals surface area (Å²) in [6.07, 6.45) is 0. The topological polar surface area (TPSA) is 43.8 Å². The van der Waals surface area contributed by atoms with E-state index in [4.69, 9.17) is 5.73 Å². The Morgan fingerprint density at radius 1 is 1.28 bits per heavy atom. The van der Waals surface area contributed by atoms with E-state index in [2.05, 4.69) is 53.1 Å². The Labute approximate surface area is 116 Å². The Hall–Kier alpha value is -1.13. The molecule has 0 amide bonds. The van der Waals surface area contributed by atoms with Crippen LogP contribution in [-0.2, 0) is 0 Å². The summed E-state index contributed by atoms with van der Waals surface area (Å²) in [6, 6.07) is 6.20. The molecular formula is C14H18BrN3. The third-order valence-electron chi connectivity index (χ3n) is 3.37. The van der Waals surface area contributed by atoms with Crippen molar-refractivity contribution in [3.63, 3.8) is 0 Å². The highest BCUT2D eigenvalue weighted by molar-refractivity contribution is 9.10. The second-order valence-electron chi connectivity index (χ2n) is 4.70. The van der Waals surface area contributed by atoms with Gasteiger partial charge in [-0.05, 0) is 51.0 Å². The lowest BCUT2D eigenvalue weighted by Crippen LogP contribution is -2.07. The van der Waals surface area contributed by atoms with Gasteiger partial charge in [-0.15, -0.1) is 0 Å². The van der Waals surface area contributed by atoms with Crippen LogP contribution in [-0.4, -0.2) is 9.78 Å². The van der Waals surface area contributed by atoms with E-state index in [1.165, 1.54) is 11.3 Å². The van der Waals surface area contributed by atoms with Gasteiger partial charge in [-0.25, -0.2) is 4.68 Å². The predicted molar refractivity (Wildman–Crippen MR) is 78.1 cm³/mol. The molecule has 18 heavy (non-hydrogen) atoms. The van der Waals surface area contributed by atoms with E-state index in [1.807, 2.05) is 18.5 Å². The summed E-state index contributed by atoms with van der Waals surface area (Å²) in [5.74, 6) is 0. The molecule has 0 saturated carbocycles. The minimum Gasteiger partial charge on any atom is -0.324 e. The van der Waals surface area contributed by atoms with Crippen LogP contribution in [0.1, 0.15) is 35.5 Å². The van der Waals surface area contributed by atoms with Gasteiger partial charge < -0.3 is 5.73 Å². The van der Waals surface area contributed by atoms with Crippen LogP contribution in [0.4, 0.5) is 0 Å². The third-order valence-corrected chi connectivity index (χ3v) is 4.06. The van der Waals surface area contributed by atoms with Crippen LogP contribution in [0.25, 0.3) is 5.69 Å². The molecule has 1 heterocycles. The molecule has 96 valence electrons. The van der Waals surface area contributed by atoms with E-state index in [-0.39, 0.29) is 6.04 Å². The molecule has 2 N–H and O–H groups in total. The van der Waals surface area contributed by atoms with E-state index in [9.17, 15) is 0 Å². The van der Waals surface area contributed by atoms with Gasteiger partial charge in [0.05, 0.1) is 11.4 Å². The molecular weight excluding hydrogens is 290 g/mol. The fourth-order valence-electron chi connectivity index (χ4n) is 1.99. The van der Waals surface area contributed by atoms with E-state index >= 15 is 0 Å². The zero-order valence-electron chi connectivity index (χ0n) is 11.2. The number of nitrogens with zero attached hydrogens (tertiary/aromatic N) is 2. The molecule has 1 aromatic heterocycles. The lowest BCUT2D eigenvalue weighted by molar-refractivity contribution is 0.803. The summed E-state index contributed by atoms with van der Waals surface area (Å²) >= 11 is 3.57. The summed E-state index contributed by atoms with van der Waals surface area (Å²) in [5, 5.41) is 4.56. The van der Waals surface area contributed by atoms with Gasteiger partial charge in [0.1, 0.15) is 0 Å². The average Bonchev–Trinajstić information content (AvgIpc) is 2.56. The minimum atomic E-state index is 0.0237. The second kappa shape index (κ2) is 4.86. The highest BCUT2D eigenvalue weighted by atomic mass is 79.9. The van der Waals surface area contributed by atoms with Gasteiger partial charge in [0.2, 0.25) is 0 Å². The fourth-order valence-corrected chi connectivity index (χ4v) is 2.72. The number of hydrogen-bond donors (Lipinski definition) is 1. The molecule has 3 nitrogen and oxygen atoms in total. The van der Waals surface area contributed by atoms with E-state index < -0.39 is 0 Å². The van der Waals surface area contributed by atoms with Crippen molar-refractivity contribution in [3.05, 3.63) is 45.2 Å². The Bertz CT molecular complexity index is 585. The van der Waals surface area contributed by atoms with Crippen molar-refractivity contribution in [1.29, 1.82) is 0 Å². The van der Waals surface area contributed by atoms with Crippen molar-refractivity contribution in [2.45, 2.75) is 33.7 Å². The number of hydrogen-bond acceptors (Lipinski definition) is 2. The van der Waals surface area contributed by atoms with Crippen LogP contribution in [0.15, 0.2) is 22.7 Å². The Morgan fingerprint density at radius 2 is 1.94 bits per heavy atom. The number of rotatable bonds is 2. The highest BCUT2D eigenvalue weighted by Gasteiger charge is 2.11. The van der Waals surface area contributed by atoms with Gasteiger partial charge in [0.15, 0.2) is 0 Å². The van der Waals surface area contributed by atoms with Crippen molar-refractivity contribution in [1.82, 2.24) is 9.78 Å². The van der Waals surface area contributed by atoms with Crippen LogP contribution in [0.2, 0.25) is 0 Å². The Morgan fingerprint density at radius 3 is 2.39 bits per heavy atom. The van der Waals surface area contributed by atoms with Gasteiger partial charge in [-0.2, -0.15) is 5.10 Å². The molecule has 0 saturated heterocycles. The summed E-state index contributed by atoms with van der Waals surface area (Å²) < 4.78 is 3.00. The maximum absolute atomic E-state index is 5.91. The number of aromatic nitrogens is 2. The monoisotopic (exact) mass is 307 g/mol. The molecule has 2 rings (SSSR count). The van der Waals surface area contributed by atoms with E-state index in [0.717, 1.165) is 21.4 Å². The molecule has 1 atom stereocenters. The molecule has 1 aromatic carbocycles. The molecule has 0 aliphatic rings. The van der Waals surface area contributed by atoms with Gasteiger partial charge in [-0.1, -0.05) is 22.0 Å². The van der Waals surface area contributed by atoms with Crippen LogP contribution >= 0.6 is 15.9 Å². The molecule has 4 heteroatoms. The summed E-state index contributed by atoms with van der Waals surface area (Å²) in [7, 11) is 0. The van der Waals surface area contributed by atoms with Crippen molar-refractivity contribution in [2.24, 2.45) is 5.73 Å². The van der Waals surface area contributed by atoms with E-state index in [0.29, 0.717) is 0 Å². The molecule has 0 unspecified atom stereocenters. The smallest absolute Gasteiger partial charge is 0.0660 e. The standard InChI is InChI=1S/C14H18BrN3/c1-8-10(3)17-18(11(8)4)12-5-6-13(9(2)16)14(15)7-12/h5-7,9H,16H2,1-4H3/t9-/m1/s1. The van der Waals surface area contributed by atoms with E-state index in [1.54, 1.807) is 0 Å². The molecule has 0 fully saturated rings. The maximum Gasteiger partial charge on any atom is 0.0660 e. The molecule has 0 aliphatic heterocycles. The van der Waals surface area contributed by atoms with Crippen molar-refractivity contribution in [2.75, 3.05) is 0 Å². The summed E-state index contributed by atoms with van der Waals surface area (Å²) in [5.41, 5.74) is 11.6. The largest absolute Gasteiger partial charge is 0.324 e. The average molecular weight is 308 g/mol. The predicted octanol–water partition coefficient (Wildman–Crippen LogP) is 3.58. The maximum atomic E-state index is 5.91. The summed E-state index contributed by atoms with van der Waals surface area (Å²) in [4.78, 5) is 0. The molecule has 0 aliphatic carbocycles. The first-order valence-electron chi connectivity index (χ1n) is 6.00. The second-order valence-corrected chi connectivity index (χ2v) is 5.56. The van der Waals surface area contributed by atoms with Gasteiger partial charge in [0.25, 0.3) is 0 Å². The number of halogens is 1. The van der Waals surface area contributed by atoms with Crippen LogP contribution in [0, 0.1) is 20.8 Å². The molecule has 2 aromatic rings. The molecule has 0 spiro atoms. The normalized spacial score (nSPS) is 12.8. The van der Waals surface area contributed by atoms with Crippen LogP contribution in [0.3, 0.4) is 0 Å². The number of nitrogens with two attached hydrogens (primary N) is 1. The SMILES string of the molecule is Cc1nn(-c2ccc([C@@H](C)N)c(Br)c2)c(C)c1C. The first kappa shape index (κ1) is 13.3. The third kappa shape index (κ3) is 2.22. The zero-order chi connectivity index (χ0) is 13.4. The lowest BCUT2D eigenvalue weighted by atomic mass is 10.1. The molecule has 0 bridgehead atoms. The zero-order valence-corrected chi connectivity index (χ0v) is 12.7. The summed E-state index contributed by atoms with van der Waals surface area (Å²) in [6.45, 7) is 8.19. The molecule has 0 radical (unpaired) electrons. The van der Waals surface area contributed by atoms with Crippen LogP contribution < -0.4 is 5.73 Å². The van der Waals surface area contributed by atoms with Crippen molar-refractivity contribution in [3.8, 4) is 5.69 Å². The van der Waals surface area contributed by atoms with Gasteiger partial charge >= 0.3 is 0 Å². The van der Waals surface area contributed by atoms with Gasteiger partial charge in [0, 0.05) is 16.2 Å². The number of aryl methyl sites for hydroxylation is 1. The lowest BCUT2D eigenvalue weighted by Gasteiger charge is -2.11. The fraction of sp³-hybridized carbons (Fsp3) is 0.357. The van der Waals surface area contributed by atoms with Gasteiger partial charge in [-0.3, -0.25) is 0 Å². The van der Waals surface area contributed by atoms with Crippen molar-refractivity contribution < 1.29 is 0 Å². The number of benzene rings is 1. The van der Waals surface area contributed by atoms with Crippen LogP contribution in [0.5, 0.6) is 0 Å². The Kier molecular flexibility index (Phi) is 3.59. The Balaban J connectivity index is 2.52. The highest BCUT2D eigenvalue weighted by Crippen LogP contribution is 2.26. The minimum absolute atomic E-state index is 0.0237. The quantitative estimate of drug-likeness (QED) is 0.921. The first-order valence-corrected chi connectivity index (χ1v) is 6.79. The van der Waals surface area contributed by atoms with Crippen molar-refractivity contribution >= 4 is 15.9 Å².